The number of rotatable bonds is 6. The fraction of sp³-hybridized carbons (Fsp3) is 0.111. The van der Waals surface area contributed by atoms with E-state index in [1.807, 2.05) is 12.1 Å². The summed E-state index contributed by atoms with van der Waals surface area (Å²) in [6, 6.07) is 12.7. The van der Waals surface area contributed by atoms with Crippen LogP contribution in [0.5, 0.6) is 5.75 Å². The highest BCUT2D eigenvalue weighted by atomic mass is 32.3. The van der Waals surface area contributed by atoms with Crippen molar-refractivity contribution in [1.29, 1.82) is 0 Å². The number of hydrogen-bond acceptors (Lipinski definition) is 7. The van der Waals surface area contributed by atoms with Gasteiger partial charge in [-0.3, -0.25) is 0 Å². The number of benzene rings is 2. The summed E-state index contributed by atoms with van der Waals surface area (Å²) >= 11 is 0. The summed E-state index contributed by atoms with van der Waals surface area (Å²) < 4.78 is 40.4. The van der Waals surface area contributed by atoms with Gasteiger partial charge in [0, 0.05) is 23.1 Å². The summed E-state index contributed by atoms with van der Waals surface area (Å²) in [5.74, 6) is 1.55. The summed E-state index contributed by atoms with van der Waals surface area (Å²) in [6.07, 6.45) is 1.62. The molecule has 0 fully saturated rings. The number of aromatic nitrogens is 2. The lowest BCUT2D eigenvalue weighted by atomic mass is 10.3. The molecule has 3 aromatic rings. The molecule has 0 saturated heterocycles. The first kappa shape index (κ1) is 18.6. The summed E-state index contributed by atoms with van der Waals surface area (Å²) in [4.78, 5) is 8.19. The molecule has 140 valence electrons. The minimum atomic E-state index is -4.78. The third-order valence-corrected chi connectivity index (χ3v) is 4.51. The number of aryl methyl sites for hydroxylation is 1. The lowest BCUT2D eigenvalue weighted by Crippen LogP contribution is -2.03. The van der Waals surface area contributed by atoms with Crippen LogP contribution in [-0.4, -0.2) is 25.5 Å². The van der Waals surface area contributed by atoms with Crippen LogP contribution in [0.2, 0.25) is 0 Å². The van der Waals surface area contributed by atoms with E-state index in [4.69, 9.17) is 4.74 Å². The van der Waals surface area contributed by atoms with Crippen LogP contribution in [0.3, 0.4) is 0 Å². The molecule has 0 saturated carbocycles. The van der Waals surface area contributed by atoms with E-state index >= 15 is 0 Å². The van der Waals surface area contributed by atoms with Crippen molar-refractivity contribution in [3.8, 4) is 5.75 Å². The first-order chi connectivity index (χ1) is 12.8. The topological polar surface area (TPSA) is 93.2 Å². The van der Waals surface area contributed by atoms with Gasteiger partial charge in [0.15, 0.2) is 0 Å². The van der Waals surface area contributed by atoms with Crippen molar-refractivity contribution in [2.24, 2.45) is 0 Å². The van der Waals surface area contributed by atoms with E-state index in [1.54, 1.807) is 38.4 Å². The van der Waals surface area contributed by atoms with E-state index in [2.05, 4.69) is 20.6 Å². The molecular formula is C18H17FN4O3S. The summed E-state index contributed by atoms with van der Waals surface area (Å²) in [7, 11) is -3.19. The van der Waals surface area contributed by atoms with Gasteiger partial charge in [-0.2, -0.15) is 13.4 Å². The zero-order chi connectivity index (χ0) is 19.4. The lowest BCUT2D eigenvalue weighted by Gasteiger charge is -2.11. The van der Waals surface area contributed by atoms with E-state index in [-0.39, 0.29) is 0 Å². The molecule has 0 aliphatic rings. The smallest absolute Gasteiger partial charge is 0.332 e. The number of nitrogens with one attached hydrogen (secondary N) is 2. The average molecular weight is 388 g/mol. The van der Waals surface area contributed by atoms with E-state index in [0.717, 1.165) is 17.0 Å². The van der Waals surface area contributed by atoms with Crippen molar-refractivity contribution < 1.29 is 17.0 Å². The normalized spacial score (nSPS) is 11.1. The fourth-order valence-corrected chi connectivity index (χ4v) is 2.80. The Morgan fingerprint density at radius 2 is 1.78 bits per heavy atom. The molecule has 3 rings (SSSR count). The SMILES string of the molecule is COc1ccc(Nc2ncc(C)c(Nc3cccc(S(=O)(=O)F)c3)n2)cc1. The molecule has 2 aromatic carbocycles. The molecule has 2 N–H and O–H groups in total. The van der Waals surface area contributed by atoms with Gasteiger partial charge in [0.25, 0.3) is 0 Å². The van der Waals surface area contributed by atoms with Crippen LogP contribution in [0.25, 0.3) is 0 Å². The molecule has 0 bridgehead atoms. The Hall–Kier alpha value is -3.20. The van der Waals surface area contributed by atoms with Gasteiger partial charge >= 0.3 is 10.2 Å². The zero-order valence-corrected chi connectivity index (χ0v) is 15.4. The Morgan fingerprint density at radius 1 is 1.04 bits per heavy atom. The van der Waals surface area contributed by atoms with Crippen LogP contribution in [0.1, 0.15) is 5.56 Å². The fourth-order valence-electron chi connectivity index (χ4n) is 2.29. The monoisotopic (exact) mass is 388 g/mol. The predicted octanol–water partition coefficient (Wildman–Crippen LogP) is 3.94. The molecule has 0 unspecified atom stereocenters. The van der Waals surface area contributed by atoms with Gasteiger partial charge in [-0.05, 0) is 49.4 Å². The van der Waals surface area contributed by atoms with Crippen LogP contribution in [0.15, 0.2) is 59.6 Å². The van der Waals surface area contributed by atoms with E-state index in [9.17, 15) is 12.3 Å². The second-order valence-electron chi connectivity index (χ2n) is 5.67. The molecule has 0 aliphatic carbocycles. The highest BCUT2D eigenvalue weighted by Crippen LogP contribution is 2.24. The summed E-state index contributed by atoms with van der Waals surface area (Å²) in [5, 5.41) is 6.06. The summed E-state index contributed by atoms with van der Waals surface area (Å²) in [6.45, 7) is 1.80. The standard InChI is InChI=1S/C18H17FN4O3S/c1-12-11-20-18(22-13-6-8-15(26-2)9-7-13)23-17(12)21-14-4-3-5-16(10-14)27(19,24)25/h3-11H,1-2H3,(H2,20,21,22,23). The Kier molecular flexibility index (Phi) is 5.22. The Bertz CT molecular complexity index is 1060. The second-order valence-corrected chi connectivity index (χ2v) is 7.02. The van der Waals surface area contributed by atoms with Crippen LogP contribution in [0.4, 0.5) is 27.0 Å². The quantitative estimate of drug-likeness (QED) is 0.618. The summed E-state index contributed by atoms with van der Waals surface area (Å²) in [5.41, 5.74) is 1.91. The van der Waals surface area contributed by atoms with Gasteiger partial charge < -0.3 is 15.4 Å². The largest absolute Gasteiger partial charge is 0.497 e. The maximum absolute atomic E-state index is 13.2. The minimum absolute atomic E-state index is 0.350. The molecule has 0 spiro atoms. The number of nitrogens with zero attached hydrogens (tertiary/aromatic N) is 2. The average Bonchev–Trinajstić information content (AvgIpc) is 2.65. The van der Waals surface area contributed by atoms with Crippen LogP contribution in [-0.2, 0) is 10.2 Å². The van der Waals surface area contributed by atoms with Gasteiger partial charge in [-0.15, -0.1) is 3.89 Å². The molecule has 7 nitrogen and oxygen atoms in total. The Morgan fingerprint density at radius 3 is 2.44 bits per heavy atom. The number of methoxy groups -OCH3 is 1. The maximum atomic E-state index is 13.2. The number of hydrogen-bond donors (Lipinski definition) is 2. The van der Waals surface area contributed by atoms with Crippen LogP contribution >= 0.6 is 0 Å². The van der Waals surface area contributed by atoms with Crippen molar-refractivity contribution in [3.63, 3.8) is 0 Å². The molecule has 1 heterocycles. The number of halogens is 1. The Balaban J connectivity index is 1.83. The van der Waals surface area contributed by atoms with Crippen molar-refractivity contribution in [2.75, 3.05) is 17.7 Å². The van der Waals surface area contributed by atoms with Gasteiger partial charge in [0.2, 0.25) is 5.95 Å². The van der Waals surface area contributed by atoms with Gasteiger partial charge in [0.05, 0.1) is 7.11 Å². The van der Waals surface area contributed by atoms with Gasteiger partial charge in [-0.1, -0.05) is 6.07 Å². The third kappa shape index (κ3) is 4.70. The van der Waals surface area contributed by atoms with Crippen molar-refractivity contribution in [1.82, 2.24) is 9.97 Å². The van der Waals surface area contributed by atoms with Crippen molar-refractivity contribution >= 4 is 33.4 Å². The van der Waals surface area contributed by atoms with E-state index < -0.39 is 15.1 Å². The minimum Gasteiger partial charge on any atom is -0.497 e. The Labute approximate surface area is 156 Å². The second kappa shape index (κ2) is 7.58. The maximum Gasteiger partial charge on any atom is 0.332 e. The first-order valence-electron chi connectivity index (χ1n) is 7.91. The molecule has 0 radical (unpaired) electrons. The highest BCUT2D eigenvalue weighted by molar-refractivity contribution is 7.86. The zero-order valence-electron chi connectivity index (χ0n) is 14.6. The van der Waals surface area contributed by atoms with Gasteiger partial charge in [-0.25, -0.2) is 4.98 Å². The molecule has 0 aliphatic heterocycles. The molecule has 0 atom stereocenters. The lowest BCUT2D eigenvalue weighted by molar-refractivity contribution is 0.415. The number of ether oxygens (including phenoxy) is 1. The van der Waals surface area contributed by atoms with Crippen LogP contribution in [0, 0.1) is 6.92 Å². The number of anilines is 4. The molecule has 9 heteroatoms. The van der Waals surface area contributed by atoms with Crippen LogP contribution < -0.4 is 15.4 Å². The third-order valence-electron chi connectivity index (χ3n) is 3.70. The first-order valence-corrected chi connectivity index (χ1v) is 9.30. The molecular weight excluding hydrogens is 371 g/mol. The van der Waals surface area contributed by atoms with Gasteiger partial charge in [0.1, 0.15) is 16.5 Å². The van der Waals surface area contributed by atoms with Crippen molar-refractivity contribution in [3.05, 3.63) is 60.3 Å². The van der Waals surface area contributed by atoms with E-state index in [1.165, 1.54) is 18.2 Å². The predicted molar refractivity (Wildman–Crippen MR) is 101 cm³/mol. The molecule has 0 amide bonds. The van der Waals surface area contributed by atoms with E-state index in [0.29, 0.717) is 17.5 Å². The highest BCUT2D eigenvalue weighted by Gasteiger charge is 2.13. The molecule has 27 heavy (non-hydrogen) atoms. The van der Waals surface area contributed by atoms with Crippen molar-refractivity contribution in [2.45, 2.75) is 11.8 Å². The molecule has 1 aromatic heterocycles.